The Hall–Kier alpha value is -2.66. The molecule has 2 aliphatic rings. The molecule has 2 aliphatic heterocycles. The number of rotatable bonds is 6. The van der Waals surface area contributed by atoms with Gasteiger partial charge in [-0.15, -0.1) is 0 Å². The summed E-state index contributed by atoms with van der Waals surface area (Å²) in [6, 6.07) is 2.60. The van der Waals surface area contributed by atoms with Crippen LogP contribution in [0.4, 0.5) is 14.7 Å². The molecule has 0 saturated carbocycles. The van der Waals surface area contributed by atoms with E-state index in [1.54, 1.807) is 13.0 Å². The molecule has 3 atom stereocenters. The maximum Gasteiger partial charge on any atom is 0.223 e. The molecule has 0 radical (unpaired) electrons. The first-order chi connectivity index (χ1) is 18.1. The number of likely N-dealkylation sites (tertiary alicyclic amines) is 1. The average molecular weight is 548 g/mol. The molecule has 3 aromatic rings. The topological polar surface area (TPSA) is 92.5 Å². The number of aliphatic hydroxyl groups excluding tert-OH is 1. The fourth-order valence-electron chi connectivity index (χ4n) is 5.41. The smallest absolute Gasteiger partial charge is 0.223 e. The molecule has 4 heterocycles. The lowest BCUT2D eigenvalue weighted by Crippen LogP contribution is -2.42. The third-order valence-corrected chi connectivity index (χ3v) is 7.66. The SMILES string of the molecule is Cc1c(CN2CC[C@H](F)C2)n(C(C)C)c2cc(-c3nc(N[C@@H]4CCOC[C@H]4O)ncc3Cl)cc(F)c2c1=O. The van der Waals surface area contributed by atoms with Crippen LogP contribution in [-0.4, -0.2) is 69.2 Å². The molecule has 2 N–H and O–H groups in total. The highest BCUT2D eigenvalue weighted by molar-refractivity contribution is 6.33. The first-order valence-corrected chi connectivity index (χ1v) is 13.3. The Morgan fingerprint density at radius 2 is 2.11 bits per heavy atom. The highest BCUT2D eigenvalue weighted by atomic mass is 35.5. The van der Waals surface area contributed by atoms with Crippen molar-refractivity contribution in [1.82, 2.24) is 19.4 Å². The van der Waals surface area contributed by atoms with Gasteiger partial charge in [0.2, 0.25) is 5.95 Å². The van der Waals surface area contributed by atoms with E-state index in [0.29, 0.717) is 61.4 Å². The summed E-state index contributed by atoms with van der Waals surface area (Å²) in [6.45, 7) is 7.68. The number of hydrogen-bond acceptors (Lipinski definition) is 7. The summed E-state index contributed by atoms with van der Waals surface area (Å²) in [5, 5.41) is 13.6. The molecule has 0 spiro atoms. The molecule has 2 aromatic heterocycles. The molecular formula is C27H32ClF2N5O3. The fourth-order valence-corrected chi connectivity index (χ4v) is 5.61. The summed E-state index contributed by atoms with van der Waals surface area (Å²) in [5.41, 5.74) is 1.95. The Labute approximate surface area is 224 Å². The van der Waals surface area contributed by atoms with Crippen LogP contribution < -0.4 is 10.7 Å². The van der Waals surface area contributed by atoms with E-state index in [9.17, 15) is 14.3 Å². The van der Waals surface area contributed by atoms with Gasteiger partial charge in [0.05, 0.1) is 46.6 Å². The Balaban J connectivity index is 1.62. The third kappa shape index (κ3) is 5.14. The molecule has 204 valence electrons. The van der Waals surface area contributed by atoms with Gasteiger partial charge in [0.15, 0.2) is 5.43 Å². The number of hydrogen-bond donors (Lipinski definition) is 2. The van der Waals surface area contributed by atoms with Crippen molar-refractivity contribution >= 4 is 28.5 Å². The van der Waals surface area contributed by atoms with Gasteiger partial charge >= 0.3 is 0 Å². The molecule has 38 heavy (non-hydrogen) atoms. The Morgan fingerprint density at radius 3 is 2.79 bits per heavy atom. The molecule has 0 amide bonds. The van der Waals surface area contributed by atoms with Crippen LogP contribution in [0, 0.1) is 12.7 Å². The maximum atomic E-state index is 15.6. The number of fused-ring (bicyclic) bond motifs is 1. The minimum absolute atomic E-state index is 0.00217. The number of nitrogens with one attached hydrogen (secondary N) is 1. The summed E-state index contributed by atoms with van der Waals surface area (Å²) < 4.78 is 36.8. The van der Waals surface area contributed by atoms with Gasteiger partial charge in [0.25, 0.3) is 0 Å². The predicted octanol–water partition coefficient (Wildman–Crippen LogP) is 4.25. The van der Waals surface area contributed by atoms with E-state index in [1.165, 1.54) is 12.3 Å². The molecule has 0 aliphatic carbocycles. The number of pyridine rings is 1. The van der Waals surface area contributed by atoms with E-state index < -0.39 is 18.1 Å². The molecule has 0 unspecified atom stereocenters. The van der Waals surface area contributed by atoms with E-state index in [0.717, 1.165) is 5.69 Å². The van der Waals surface area contributed by atoms with Crippen LogP contribution in [0.3, 0.4) is 0 Å². The number of halogens is 3. The summed E-state index contributed by atoms with van der Waals surface area (Å²) in [6.07, 6.45) is 0.872. The number of aliphatic hydroxyl groups is 1. The average Bonchev–Trinajstić information content (AvgIpc) is 3.28. The highest BCUT2D eigenvalue weighted by Gasteiger charge is 2.27. The van der Waals surface area contributed by atoms with Crippen LogP contribution >= 0.6 is 11.6 Å². The monoisotopic (exact) mass is 547 g/mol. The standard InChI is InChI=1S/C27H32ClF2N5O3/c1-14(2)35-21-9-16(25-18(28)10-31-27(33-25)32-20-5-7-38-13-23(20)36)8-19(30)24(21)26(37)15(3)22(35)12-34-6-4-17(29)11-34/h8-10,14,17,20,23,36H,4-7,11-13H2,1-3H3,(H,31,32,33)/t17-,20+,23+/m0/s1. The zero-order valence-electron chi connectivity index (χ0n) is 21.7. The number of aromatic nitrogens is 3. The van der Waals surface area contributed by atoms with E-state index in [2.05, 4.69) is 15.3 Å². The second-order valence-electron chi connectivity index (χ2n) is 10.4. The molecule has 0 bridgehead atoms. The second kappa shape index (κ2) is 10.8. The zero-order chi connectivity index (χ0) is 27.1. The number of anilines is 1. The van der Waals surface area contributed by atoms with Crippen molar-refractivity contribution in [3.05, 3.63) is 50.7 Å². The number of nitrogens with zero attached hydrogens (tertiary/aromatic N) is 4. The fraction of sp³-hybridized carbons (Fsp3) is 0.519. The lowest BCUT2D eigenvalue weighted by Gasteiger charge is -2.28. The first-order valence-electron chi connectivity index (χ1n) is 12.9. The van der Waals surface area contributed by atoms with Crippen molar-refractivity contribution in [3.8, 4) is 11.3 Å². The lowest BCUT2D eigenvalue weighted by molar-refractivity contribution is -0.0136. The van der Waals surface area contributed by atoms with Crippen molar-refractivity contribution in [2.24, 2.45) is 0 Å². The minimum Gasteiger partial charge on any atom is -0.389 e. The Kier molecular flexibility index (Phi) is 7.68. The lowest BCUT2D eigenvalue weighted by atomic mass is 10.0. The molecule has 2 saturated heterocycles. The normalized spacial score (nSPS) is 22.5. The van der Waals surface area contributed by atoms with Crippen molar-refractivity contribution in [3.63, 3.8) is 0 Å². The molecular weight excluding hydrogens is 516 g/mol. The van der Waals surface area contributed by atoms with Gasteiger partial charge < -0.3 is 19.7 Å². The van der Waals surface area contributed by atoms with Gasteiger partial charge in [-0.05, 0) is 45.7 Å². The van der Waals surface area contributed by atoms with Crippen molar-refractivity contribution in [2.75, 3.05) is 31.6 Å². The number of benzene rings is 1. The van der Waals surface area contributed by atoms with Crippen LogP contribution in [0.2, 0.25) is 5.02 Å². The van der Waals surface area contributed by atoms with Gasteiger partial charge in [-0.25, -0.2) is 18.7 Å². The van der Waals surface area contributed by atoms with Gasteiger partial charge in [0.1, 0.15) is 12.0 Å². The molecule has 2 fully saturated rings. The van der Waals surface area contributed by atoms with Crippen molar-refractivity contribution < 1.29 is 18.6 Å². The number of ether oxygens (including phenoxy) is 1. The van der Waals surface area contributed by atoms with Gasteiger partial charge in [-0.2, -0.15) is 0 Å². The van der Waals surface area contributed by atoms with E-state index in [4.69, 9.17) is 16.3 Å². The van der Waals surface area contributed by atoms with Crippen LogP contribution in [0.15, 0.2) is 23.1 Å². The van der Waals surface area contributed by atoms with Crippen LogP contribution in [0.1, 0.15) is 44.0 Å². The highest BCUT2D eigenvalue weighted by Crippen LogP contribution is 2.33. The van der Waals surface area contributed by atoms with Crippen LogP contribution in [0.5, 0.6) is 0 Å². The molecule has 8 nitrogen and oxygen atoms in total. The van der Waals surface area contributed by atoms with Crippen LogP contribution in [0.25, 0.3) is 22.2 Å². The van der Waals surface area contributed by atoms with Gasteiger partial charge in [-0.3, -0.25) is 9.69 Å². The molecule has 5 rings (SSSR count). The van der Waals surface area contributed by atoms with Gasteiger partial charge in [0, 0.05) is 49.1 Å². The largest absolute Gasteiger partial charge is 0.389 e. The van der Waals surface area contributed by atoms with E-state index in [1.807, 2.05) is 23.3 Å². The third-order valence-electron chi connectivity index (χ3n) is 7.38. The predicted molar refractivity (Wildman–Crippen MR) is 143 cm³/mol. The van der Waals surface area contributed by atoms with Gasteiger partial charge in [-0.1, -0.05) is 11.6 Å². The van der Waals surface area contributed by atoms with Crippen molar-refractivity contribution in [2.45, 2.75) is 64.5 Å². The van der Waals surface area contributed by atoms with E-state index >= 15 is 4.39 Å². The Morgan fingerprint density at radius 1 is 1.32 bits per heavy atom. The van der Waals surface area contributed by atoms with E-state index in [-0.39, 0.29) is 40.5 Å². The Bertz CT molecular complexity index is 1420. The molecule has 11 heteroatoms. The number of alkyl halides is 1. The summed E-state index contributed by atoms with van der Waals surface area (Å²) in [5.74, 6) is -0.419. The summed E-state index contributed by atoms with van der Waals surface area (Å²) in [4.78, 5) is 24.1. The summed E-state index contributed by atoms with van der Waals surface area (Å²) >= 11 is 6.47. The first kappa shape index (κ1) is 26.9. The molecule has 1 aromatic carbocycles. The van der Waals surface area contributed by atoms with Crippen molar-refractivity contribution in [1.29, 1.82) is 0 Å². The minimum atomic E-state index is -0.885. The second-order valence-corrected chi connectivity index (χ2v) is 10.8. The maximum absolute atomic E-state index is 15.6. The van der Waals surface area contributed by atoms with Crippen LogP contribution in [-0.2, 0) is 11.3 Å². The zero-order valence-corrected chi connectivity index (χ0v) is 22.4. The quantitative estimate of drug-likeness (QED) is 0.477. The summed E-state index contributed by atoms with van der Waals surface area (Å²) in [7, 11) is 0.